The topological polar surface area (TPSA) is 55.1 Å². The first-order valence-corrected chi connectivity index (χ1v) is 6.53. The molecule has 0 heterocycles. The number of halogens is 1. The Morgan fingerprint density at radius 3 is 1.79 bits per heavy atom. The first-order valence-electron chi connectivity index (χ1n) is 6.53. The van der Waals surface area contributed by atoms with Crippen LogP contribution in [0.15, 0.2) is 18.2 Å². The zero-order chi connectivity index (χ0) is 13.9. The van der Waals surface area contributed by atoms with Crippen LogP contribution in [0.4, 0.5) is 5.69 Å². The minimum absolute atomic E-state index is 0. The SMILES string of the molecule is CC(N)C(=O)Nc1c(C(C)C)cccc1C(C)C.Cl. The summed E-state index contributed by atoms with van der Waals surface area (Å²) in [5.74, 6) is 0.601. The zero-order valence-corrected chi connectivity index (χ0v) is 13.2. The molecule has 0 bridgehead atoms. The smallest absolute Gasteiger partial charge is 0.241 e. The van der Waals surface area contributed by atoms with Crippen molar-refractivity contribution >= 4 is 24.0 Å². The Bertz CT molecular complexity index is 402. The molecule has 1 rings (SSSR count). The number of hydrogen-bond donors (Lipinski definition) is 2. The maximum atomic E-state index is 11.8. The van der Waals surface area contributed by atoms with Gasteiger partial charge in [-0.05, 0) is 29.9 Å². The second-order valence-corrected chi connectivity index (χ2v) is 5.40. The van der Waals surface area contributed by atoms with Crippen molar-refractivity contribution in [3.63, 3.8) is 0 Å². The van der Waals surface area contributed by atoms with Gasteiger partial charge in [0.2, 0.25) is 5.91 Å². The molecule has 3 N–H and O–H groups in total. The standard InChI is InChI=1S/C15H24N2O.ClH/c1-9(2)12-7-6-8-13(10(3)4)14(12)17-15(18)11(5)16;/h6-11H,16H2,1-5H3,(H,17,18);1H. The highest BCUT2D eigenvalue weighted by molar-refractivity contribution is 5.96. The van der Waals surface area contributed by atoms with Crippen molar-refractivity contribution in [1.29, 1.82) is 0 Å². The molecule has 108 valence electrons. The lowest BCUT2D eigenvalue weighted by molar-refractivity contribution is -0.117. The molecule has 0 aliphatic carbocycles. The molecule has 0 saturated heterocycles. The molecule has 1 atom stereocenters. The van der Waals surface area contributed by atoms with E-state index in [1.54, 1.807) is 6.92 Å². The molecule has 1 unspecified atom stereocenters. The first kappa shape index (κ1) is 17.9. The van der Waals surface area contributed by atoms with Gasteiger partial charge in [0, 0.05) is 5.69 Å². The molecule has 1 aromatic carbocycles. The molecule has 19 heavy (non-hydrogen) atoms. The number of amides is 1. The fraction of sp³-hybridized carbons (Fsp3) is 0.533. The molecule has 0 aliphatic heterocycles. The lowest BCUT2D eigenvalue weighted by Gasteiger charge is -2.20. The van der Waals surface area contributed by atoms with Crippen molar-refractivity contribution in [1.82, 2.24) is 0 Å². The number of benzene rings is 1. The van der Waals surface area contributed by atoms with Crippen molar-refractivity contribution in [3.05, 3.63) is 29.3 Å². The van der Waals surface area contributed by atoms with Crippen LogP contribution in [0.3, 0.4) is 0 Å². The molecule has 1 amide bonds. The Morgan fingerprint density at radius 1 is 1.05 bits per heavy atom. The van der Waals surface area contributed by atoms with E-state index in [0.29, 0.717) is 11.8 Å². The molecular formula is C15H25ClN2O. The summed E-state index contributed by atoms with van der Waals surface area (Å²) in [4.78, 5) is 11.8. The van der Waals surface area contributed by atoms with Crippen LogP contribution in [0.5, 0.6) is 0 Å². The monoisotopic (exact) mass is 284 g/mol. The Balaban J connectivity index is 0.00000324. The van der Waals surface area contributed by atoms with Gasteiger partial charge in [-0.2, -0.15) is 0 Å². The summed E-state index contributed by atoms with van der Waals surface area (Å²) in [6.45, 7) is 10.2. The number of nitrogens with one attached hydrogen (secondary N) is 1. The Morgan fingerprint density at radius 2 is 1.47 bits per heavy atom. The summed E-state index contributed by atoms with van der Waals surface area (Å²) >= 11 is 0. The summed E-state index contributed by atoms with van der Waals surface area (Å²) < 4.78 is 0. The third kappa shape index (κ3) is 4.51. The second kappa shape index (κ2) is 7.51. The van der Waals surface area contributed by atoms with E-state index >= 15 is 0 Å². The number of para-hydroxylation sites is 1. The van der Waals surface area contributed by atoms with Crippen LogP contribution in [-0.2, 0) is 4.79 Å². The molecule has 0 saturated carbocycles. The summed E-state index contributed by atoms with van der Waals surface area (Å²) in [5, 5.41) is 2.98. The van der Waals surface area contributed by atoms with Gasteiger partial charge in [0.05, 0.1) is 6.04 Å². The third-order valence-corrected chi connectivity index (χ3v) is 3.03. The van der Waals surface area contributed by atoms with E-state index in [4.69, 9.17) is 5.73 Å². The predicted octanol–water partition coefficient (Wildman–Crippen LogP) is 3.64. The van der Waals surface area contributed by atoms with E-state index < -0.39 is 6.04 Å². The molecule has 0 spiro atoms. The summed E-state index contributed by atoms with van der Waals surface area (Å²) in [7, 11) is 0. The van der Waals surface area contributed by atoms with Crippen LogP contribution in [0.25, 0.3) is 0 Å². The number of rotatable bonds is 4. The summed E-state index contributed by atoms with van der Waals surface area (Å²) in [6, 6.07) is 5.68. The highest BCUT2D eigenvalue weighted by Crippen LogP contribution is 2.32. The molecule has 0 fully saturated rings. The minimum Gasteiger partial charge on any atom is -0.324 e. The van der Waals surface area contributed by atoms with Crippen molar-refractivity contribution in [2.45, 2.75) is 52.5 Å². The van der Waals surface area contributed by atoms with Gasteiger partial charge in [0.1, 0.15) is 0 Å². The number of carbonyl (C=O) groups is 1. The fourth-order valence-electron chi connectivity index (χ4n) is 1.93. The van der Waals surface area contributed by atoms with E-state index in [0.717, 1.165) is 16.8 Å². The highest BCUT2D eigenvalue weighted by Gasteiger charge is 2.17. The zero-order valence-electron chi connectivity index (χ0n) is 12.4. The van der Waals surface area contributed by atoms with Gasteiger partial charge in [-0.3, -0.25) is 4.79 Å². The number of anilines is 1. The van der Waals surface area contributed by atoms with Gasteiger partial charge < -0.3 is 11.1 Å². The normalized spacial score (nSPS) is 12.2. The van der Waals surface area contributed by atoms with Gasteiger partial charge in [-0.1, -0.05) is 45.9 Å². The molecular weight excluding hydrogens is 260 g/mol. The lowest BCUT2D eigenvalue weighted by Crippen LogP contribution is -2.33. The van der Waals surface area contributed by atoms with Crippen molar-refractivity contribution in [3.8, 4) is 0 Å². The first-order chi connectivity index (χ1) is 8.34. The van der Waals surface area contributed by atoms with Crippen LogP contribution >= 0.6 is 12.4 Å². The average Bonchev–Trinajstić information content (AvgIpc) is 2.28. The fourth-order valence-corrected chi connectivity index (χ4v) is 1.93. The maximum Gasteiger partial charge on any atom is 0.241 e. The second-order valence-electron chi connectivity index (χ2n) is 5.40. The quantitative estimate of drug-likeness (QED) is 0.887. The van der Waals surface area contributed by atoms with Crippen LogP contribution in [0, 0.1) is 0 Å². The van der Waals surface area contributed by atoms with Gasteiger partial charge in [0.25, 0.3) is 0 Å². The molecule has 3 nitrogen and oxygen atoms in total. The van der Waals surface area contributed by atoms with Crippen LogP contribution in [0.1, 0.15) is 57.6 Å². The summed E-state index contributed by atoms with van der Waals surface area (Å²) in [5.41, 5.74) is 8.88. The molecule has 1 aromatic rings. The molecule has 0 radical (unpaired) electrons. The van der Waals surface area contributed by atoms with E-state index in [9.17, 15) is 4.79 Å². The van der Waals surface area contributed by atoms with Crippen molar-refractivity contribution in [2.75, 3.05) is 5.32 Å². The Labute approximate surface area is 122 Å². The Hall–Kier alpha value is -1.06. The van der Waals surface area contributed by atoms with Gasteiger partial charge in [-0.25, -0.2) is 0 Å². The van der Waals surface area contributed by atoms with E-state index in [2.05, 4.69) is 45.1 Å². The van der Waals surface area contributed by atoms with Crippen molar-refractivity contribution in [2.24, 2.45) is 5.73 Å². The van der Waals surface area contributed by atoms with E-state index in [-0.39, 0.29) is 18.3 Å². The minimum atomic E-state index is -0.495. The average molecular weight is 285 g/mol. The molecule has 4 heteroatoms. The summed E-state index contributed by atoms with van der Waals surface area (Å²) in [6.07, 6.45) is 0. The molecule has 0 aromatic heterocycles. The predicted molar refractivity (Wildman–Crippen MR) is 84.1 cm³/mol. The third-order valence-electron chi connectivity index (χ3n) is 3.03. The maximum absolute atomic E-state index is 11.8. The van der Waals surface area contributed by atoms with Crippen LogP contribution < -0.4 is 11.1 Å². The van der Waals surface area contributed by atoms with E-state index in [1.165, 1.54) is 0 Å². The molecule has 0 aliphatic rings. The van der Waals surface area contributed by atoms with Crippen LogP contribution in [0.2, 0.25) is 0 Å². The van der Waals surface area contributed by atoms with Gasteiger partial charge >= 0.3 is 0 Å². The van der Waals surface area contributed by atoms with Crippen LogP contribution in [-0.4, -0.2) is 11.9 Å². The number of nitrogens with two attached hydrogens (primary N) is 1. The van der Waals surface area contributed by atoms with Gasteiger partial charge in [-0.15, -0.1) is 12.4 Å². The lowest BCUT2D eigenvalue weighted by atomic mass is 9.92. The largest absolute Gasteiger partial charge is 0.324 e. The van der Waals surface area contributed by atoms with E-state index in [1.807, 2.05) is 6.07 Å². The number of hydrogen-bond acceptors (Lipinski definition) is 2. The van der Waals surface area contributed by atoms with Gasteiger partial charge in [0.15, 0.2) is 0 Å². The number of carbonyl (C=O) groups excluding carboxylic acids is 1. The highest BCUT2D eigenvalue weighted by atomic mass is 35.5. The van der Waals surface area contributed by atoms with Crippen molar-refractivity contribution < 1.29 is 4.79 Å². The Kier molecular flexibility index (Phi) is 7.09.